The fraction of sp³-hybridized carbons (Fsp3) is 0.375. The topological polar surface area (TPSA) is 111 Å². The molecule has 9 nitrogen and oxygen atoms in total. The molecule has 26 heavy (non-hydrogen) atoms. The number of nitrogens with zero attached hydrogens (tertiary/aromatic N) is 1. The van der Waals surface area contributed by atoms with Crippen molar-refractivity contribution in [3.05, 3.63) is 24.3 Å². The number of carbonyl (C=O) groups excluding carboxylic acids is 4. The maximum atomic E-state index is 12.0. The normalized spacial score (nSPS) is 18.6. The lowest BCUT2D eigenvalue weighted by atomic mass is 10.2. The van der Waals surface area contributed by atoms with E-state index in [4.69, 9.17) is 14.2 Å². The highest BCUT2D eigenvalue weighted by Gasteiger charge is 2.30. The number of carbonyl (C=O) groups is 4. The quantitative estimate of drug-likeness (QED) is 0.696. The predicted octanol–water partition coefficient (Wildman–Crippen LogP) is 0.181. The number of thioether (sulfide) groups is 1. The van der Waals surface area contributed by atoms with Gasteiger partial charge in [-0.3, -0.25) is 19.3 Å². The molecule has 3 rings (SSSR count). The first-order valence-corrected chi connectivity index (χ1v) is 8.82. The van der Waals surface area contributed by atoms with Crippen molar-refractivity contribution in [2.45, 2.75) is 6.10 Å². The highest BCUT2D eigenvalue weighted by molar-refractivity contribution is 8.14. The molecule has 1 N–H and O–H groups in total. The van der Waals surface area contributed by atoms with Gasteiger partial charge in [0.15, 0.2) is 18.1 Å². The molecule has 1 saturated heterocycles. The summed E-state index contributed by atoms with van der Waals surface area (Å²) < 4.78 is 15.8. The third kappa shape index (κ3) is 4.26. The average molecular weight is 380 g/mol. The van der Waals surface area contributed by atoms with Crippen molar-refractivity contribution in [1.82, 2.24) is 10.2 Å². The third-order valence-corrected chi connectivity index (χ3v) is 4.47. The van der Waals surface area contributed by atoms with Gasteiger partial charge in [0.05, 0.1) is 5.75 Å². The van der Waals surface area contributed by atoms with Gasteiger partial charge in [-0.15, -0.1) is 0 Å². The number of benzene rings is 1. The second-order valence-corrected chi connectivity index (χ2v) is 6.35. The van der Waals surface area contributed by atoms with Crippen molar-refractivity contribution in [2.75, 3.05) is 32.1 Å². The van der Waals surface area contributed by atoms with Crippen LogP contribution in [0.3, 0.4) is 0 Å². The summed E-state index contributed by atoms with van der Waals surface area (Å²) in [6.07, 6.45) is -0.949. The molecule has 0 unspecified atom stereocenters. The predicted molar refractivity (Wildman–Crippen MR) is 89.9 cm³/mol. The molecule has 0 aromatic heterocycles. The Balaban J connectivity index is 1.37. The smallest absolute Gasteiger partial charge is 0.351 e. The number of fused-ring (bicyclic) bond motifs is 1. The van der Waals surface area contributed by atoms with Gasteiger partial charge in [-0.05, 0) is 12.1 Å². The van der Waals surface area contributed by atoms with Crippen LogP contribution in [0.5, 0.6) is 11.5 Å². The molecular weight excluding hydrogens is 364 g/mol. The van der Waals surface area contributed by atoms with Crippen LogP contribution in [0.25, 0.3) is 0 Å². The molecule has 0 saturated carbocycles. The van der Waals surface area contributed by atoms with E-state index in [2.05, 4.69) is 5.32 Å². The molecule has 10 heteroatoms. The van der Waals surface area contributed by atoms with E-state index in [1.54, 1.807) is 24.3 Å². The Morgan fingerprint density at radius 3 is 2.77 bits per heavy atom. The monoisotopic (exact) mass is 380 g/mol. The molecule has 1 fully saturated rings. The van der Waals surface area contributed by atoms with E-state index in [0.717, 1.165) is 16.7 Å². The molecule has 0 aliphatic carbocycles. The number of imide groups is 1. The van der Waals surface area contributed by atoms with E-state index in [9.17, 15) is 19.2 Å². The molecule has 2 aliphatic rings. The van der Waals surface area contributed by atoms with Gasteiger partial charge in [-0.2, -0.15) is 0 Å². The van der Waals surface area contributed by atoms with Crippen LogP contribution in [0.2, 0.25) is 0 Å². The van der Waals surface area contributed by atoms with Gasteiger partial charge in [0.2, 0.25) is 12.0 Å². The molecule has 2 heterocycles. The molecule has 0 bridgehead atoms. The van der Waals surface area contributed by atoms with Gasteiger partial charge in [0.1, 0.15) is 6.61 Å². The van der Waals surface area contributed by atoms with Crippen molar-refractivity contribution >= 4 is 34.8 Å². The fourth-order valence-corrected chi connectivity index (χ4v) is 3.07. The second-order valence-electron chi connectivity index (χ2n) is 5.42. The lowest BCUT2D eigenvalue weighted by Gasteiger charge is -2.24. The molecule has 0 spiro atoms. The van der Waals surface area contributed by atoms with Gasteiger partial charge in [-0.25, -0.2) is 4.79 Å². The molecule has 1 atom stereocenters. The molecule has 3 amide bonds. The van der Waals surface area contributed by atoms with E-state index in [0.29, 0.717) is 11.5 Å². The fourth-order valence-electron chi connectivity index (χ4n) is 2.32. The summed E-state index contributed by atoms with van der Waals surface area (Å²) in [5.74, 6) is -0.438. The van der Waals surface area contributed by atoms with Crippen LogP contribution in [0.4, 0.5) is 4.79 Å². The van der Waals surface area contributed by atoms with Gasteiger partial charge >= 0.3 is 5.97 Å². The minimum absolute atomic E-state index is 0.00564. The summed E-state index contributed by atoms with van der Waals surface area (Å²) in [5, 5.41) is 2.15. The Kier molecular flexibility index (Phi) is 5.61. The minimum Gasteiger partial charge on any atom is -0.485 e. The zero-order valence-electron chi connectivity index (χ0n) is 13.6. The van der Waals surface area contributed by atoms with Crippen LogP contribution in [0, 0.1) is 0 Å². The maximum Gasteiger partial charge on any atom is 0.351 e. The second kappa shape index (κ2) is 8.09. The Morgan fingerprint density at radius 2 is 2.04 bits per heavy atom. The summed E-state index contributed by atoms with van der Waals surface area (Å²) in [5.41, 5.74) is 0. The number of ether oxygens (including phenoxy) is 3. The van der Waals surface area contributed by atoms with Crippen molar-refractivity contribution in [3.63, 3.8) is 0 Å². The molecule has 2 aliphatic heterocycles. The molecule has 1 aromatic rings. The Hall–Kier alpha value is -2.75. The number of esters is 1. The largest absolute Gasteiger partial charge is 0.485 e. The van der Waals surface area contributed by atoms with Crippen molar-refractivity contribution in [1.29, 1.82) is 0 Å². The molecule has 0 radical (unpaired) electrons. The summed E-state index contributed by atoms with van der Waals surface area (Å²) in [6, 6.07) is 6.92. The number of amides is 3. The zero-order chi connectivity index (χ0) is 18.5. The molecule has 138 valence electrons. The van der Waals surface area contributed by atoms with Crippen molar-refractivity contribution in [2.24, 2.45) is 0 Å². The van der Waals surface area contributed by atoms with Crippen LogP contribution < -0.4 is 14.8 Å². The van der Waals surface area contributed by atoms with Crippen molar-refractivity contribution in [3.8, 4) is 11.5 Å². The highest BCUT2D eigenvalue weighted by atomic mass is 32.2. The first kappa shape index (κ1) is 18.1. The Bertz CT molecular complexity index is 723. The average Bonchev–Trinajstić information content (AvgIpc) is 2.97. The minimum atomic E-state index is -0.949. The lowest BCUT2D eigenvalue weighted by Crippen LogP contribution is -2.41. The molecular formula is C16H16N2O7S. The van der Waals surface area contributed by atoms with Crippen LogP contribution in [-0.4, -0.2) is 66.1 Å². The number of para-hydroxylation sites is 2. The third-order valence-electron chi connectivity index (χ3n) is 3.62. The van der Waals surface area contributed by atoms with Gasteiger partial charge in [-0.1, -0.05) is 23.9 Å². The highest BCUT2D eigenvalue weighted by Crippen LogP contribution is 2.31. The number of hydrogen-bond donors (Lipinski definition) is 1. The van der Waals surface area contributed by atoms with Gasteiger partial charge in [0.25, 0.3) is 11.1 Å². The van der Waals surface area contributed by atoms with Crippen LogP contribution >= 0.6 is 11.8 Å². The lowest BCUT2D eigenvalue weighted by molar-refractivity contribution is -0.157. The van der Waals surface area contributed by atoms with Crippen molar-refractivity contribution < 1.29 is 33.4 Å². The summed E-state index contributed by atoms with van der Waals surface area (Å²) in [7, 11) is 0. The van der Waals surface area contributed by atoms with E-state index >= 15 is 0 Å². The molecule has 1 aromatic carbocycles. The van der Waals surface area contributed by atoms with E-state index in [1.165, 1.54) is 0 Å². The first-order chi connectivity index (χ1) is 12.5. The van der Waals surface area contributed by atoms with E-state index in [-0.39, 0.29) is 36.6 Å². The van der Waals surface area contributed by atoms with Crippen LogP contribution in [-0.2, 0) is 19.1 Å². The van der Waals surface area contributed by atoms with Gasteiger partial charge < -0.3 is 19.5 Å². The first-order valence-electron chi connectivity index (χ1n) is 7.83. The Morgan fingerprint density at radius 1 is 1.27 bits per heavy atom. The summed E-state index contributed by atoms with van der Waals surface area (Å²) in [6.45, 7) is -0.323. The zero-order valence-corrected chi connectivity index (χ0v) is 14.5. The van der Waals surface area contributed by atoms with E-state index < -0.39 is 24.6 Å². The SMILES string of the molecule is O=C(COC(=O)[C@H]1COc2ccccc2O1)NCCN1C(=O)CSC1=O. The van der Waals surface area contributed by atoms with E-state index in [1.807, 2.05) is 0 Å². The Labute approximate surface area is 152 Å². The number of rotatable bonds is 6. The number of nitrogens with one attached hydrogen (secondary N) is 1. The standard InChI is InChI=1S/C16H16N2O7S/c19-13(17-5-6-18-14(20)9-26-16(18)22)8-24-15(21)12-7-23-10-3-1-2-4-11(10)25-12/h1-4,12H,5-9H2,(H,17,19)/t12-/m1/s1. The van der Waals surface area contributed by atoms with Crippen LogP contribution in [0.15, 0.2) is 24.3 Å². The summed E-state index contributed by atoms with van der Waals surface area (Å²) in [4.78, 5) is 47.6. The van der Waals surface area contributed by atoms with Gasteiger partial charge in [0, 0.05) is 13.1 Å². The summed E-state index contributed by atoms with van der Waals surface area (Å²) >= 11 is 0.927. The van der Waals surface area contributed by atoms with Crippen LogP contribution in [0.1, 0.15) is 0 Å². The maximum absolute atomic E-state index is 12.0. The number of hydrogen-bond acceptors (Lipinski definition) is 8.